The fraction of sp³-hybridized carbons (Fsp3) is 0.879. The summed E-state index contributed by atoms with van der Waals surface area (Å²) in [4.78, 5) is 38.1. The van der Waals surface area contributed by atoms with Gasteiger partial charge in [0.15, 0.2) is 6.10 Å². The molecule has 0 spiro atoms. The molecule has 0 rings (SSSR count). The molecule has 0 aliphatic carbocycles. The summed E-state index contributed by atoms with van der Waals surface area (Å²) in [5.41, 5.74) is 0. The van der Waals surface area contributed by atoms with Gasteiger partial charge in [-0.25, -0.2) is 0 Å². The van der Waals surface area contributed by atoms with E-state index in [1.807, 2.05) is 0 Å². The summed E-state index contributed by atoms with van der Waals surface area (Å²) < 4.78 is 16.9. The van der Waals surface area contributed by atoms with Gasteiger partial charge in [0.2, 0.25) is 0 Å². The van der Waals surface area contributed by atoms with Crippen molar-refractivity contribution < 1.29 is 28.6 Å². The van der Waals surface area contributed by atoms with E-state index in [0.717, 1.165) is 83.5 Å². The molecule has 0 aromatic rings. The van der Waals surface area contributed by atoms with Crippen LogP contribution in [0.1, 0.15) is 310 Å². The van der Waals surface area contributed by atoms with Crippen molar-refractivity contribution in [3.8, 4) is 0 Å². The molecule has 0 heterocycles. The molecule has 0 N–H and O–H groups in total. The van der Waals surface area contributed by atoms with Gasteiger partial charge in [0, 0.05) is 19.3 Å². The smallest absolute Gasteiger partial charge is 0.306 e. The van der Waals surface area contributed by atoms with Crippen molar-refractivity contribution in [2.75, 3.05) is 13.2 Å². The fourth-order valence-electron chi connectivity index (χ4n) is 8.40. The van der Waals surface area contributed by atoms with E-state index in [2.05, 4.69) is 45.1 Å². The van der Waals surface area contributed by atoms with Crippen molar-refractivity contribution in [2.45, 2.75) is 316 Å². The maximum Gasteiger partial charge on any atom is 0.306 e. The van der Waals surface area contributed by atoms with Gasteiger partial charge in [-0.3, -0.25) is 14.4 Å². The Kier molecular flexibility index (Phi) is 51.7. The zero-order valence-corrected chi connectivity index (χ0v) is 43.1. The van der Waals surface area contributed by atoms with Gasteiger partial charge < -0.3 is 14.2 Å². The normalized spacial score (nSPS) is 12.1. The molecule has 0 bridgehead atoms. The second-order valence-electron chi connectivity index (χ2n) is 19.2. The van der Waals surface area contributed by atoms with Crippen LogP contribution in [-0.2, 0) is 28.6 Å². The largest absolute Gasteiger partial charge is 0.462 e. The molecule has 0 unspecified atom stereocenters. The van der Waals surface area contributed by atoms with E-state index in [-0.39, 0.29) is 31.1 Å². The highest BCUT2D eigenvalue weighted by Crippen LogP contribution is 2.17. The number of unbranched alkanes of at least 4 members (excludes halogenated alkanes) is 37. The second kappa shape index (κ2) is 53.5. The number of carbonyl (C=O) groups is 3. The van der Waals surface area contributed by atoms with Crippen LogP contribution in [0.5, 0.6) is 0 Å². The van der Waals surface area contributed by atoms with Crippen LogP contribution < -0.4 is 0 Å². The van der Waals surface area contributed by atoms with Gasteiger partial charge in [0.1, 0.15) is 13.2 Å². The first-order valence-corrected chi connectivity index (χ1v) is 28.3. The van der Waals surface area contributed by atoms with Crippen LogP contribution in [0, 0.1) is 0 Å². The van der Waals surface area contributed by atoms with Crippen molar-refractivity contribution >= 4 is 17.9 Å². The first-order valence-electron chi connectivity index (χ1n) is 28.3. The lowest BCUT2D eigenvalue weighted by Gasteiger charge is -2.18. The standard InChI is InChI=1S/C58H108O6/c1-4-7-10-13-16-19-22-25-28-29-30-31-34-36-39-42-45-48-51-57(60)63-54-55(64-58(61)52-49-46-43-40-37-33-27-24-21-18-15-12-9-6-3)53-62-56(59)50-47-44-41-38-35-32-26-23-20-17-14-11-8-5-2/h15,18,24,27,55H,4-14,16-17,19-23,25-26,28-54H2,1-3H3/b18-15+,27-24+/t55-/m1/s1. The van der Waals surface area contributed by atoms with Gasteiger partial charge in [0.25, 0.3) is 0 Å². The van der Waals surface area contributed by atoms with Gasteiger partial charge >= 0.3 is 17.9 Å². The Hall–Kier alpha value is -2.11. The first-order chi connectivity index (χ1) is 31.5. The highest BCUT2D eigenvalue weighted by Gasteiger charge is 2.19. The van der Waals surface area contributed by atoms with Crippen LogP contribution in [0.3, 0.4) is 0 Å². The molecule has 0 aromatic heterocycles. The molecule has 0 aliphatic rings. The van der Waals surface area contributed by atoms with E-state index in [1.54, 1.807) is 0 Å². The summed E-state index contributed by atoms with van der Waals surface area (Å²) in [6.07, 6.45) is 61.6. The van der Waals surface area contributed by atoms with Crippen LogP contribution in [0.25, 0.3) is 0 Å². The Balaban J connectivity index is 4.32. The number of rotatable bonds is 52. The third kappa shape index (κ3) is 50.9. The maximum atomic E-state index is 12.8. The summed E-state index contributed by atoms with van der Waals surface area (Å²) in [5.74, 6) is -0.865. The lowest BCUT2D eigenvalue weighted by molar-refractivity contribution is -0.167. The molecular weight excluding hydrogens is 793 g/mol. The van der Waals surface area contributed by atoms with E-state index >= 15 is 0 Å². The Morgan fingerprint density at radius 3 is 0.906 bits per heavy atom. The quantitative estimate of drug-likeness (QED) is 0.0262. The number of allylic oxidation sites excluding steroid dienone is 4. The maximum absolute atomic E-state index is 12.8. The monoisotopic (exact) mass is 901 g/mol. The minimum atomic E-state index is -0.773. The van der Waals surface area contributed by atoms with Crippen LogP contribution >= 0.6 is 0 Å². The summed E-state index contributed by atoms with van der Waals surface area (Å²) in [7, 11) is 0. The van der Waals surface area contributed by atoms with Crippen molar-refractivity contribution in [1.29, 1.82) is 0 Å². The second-order valence-corrected chi connectivity index (χ2v) is 19.2. The SMILES string of the molecule is CCCC/C=C/C/C=C/CCCCCCCC(=O)O[C@H](COC(=O)CCCCCCCCCCCCCCCC)COC(=O)CCCCCCCCCCCCCCCCCCCC. The lowest BCUT2D eigenvalue weighted by Crippen LogP contribution is -2.30. The molecular formula is C58H108O6. The molecule has 376 valence electrons. The van der Waals surface area contributed by atoms with E-state index in [1.165, 1.54) is 186 Å². The number of esters is 3. The number of hydrogen-bond acceptors (Lipinski definition) is 6. The molecule has 6 nitrogen and oxygen atoms in total. The highest BCUT2D eigenvalue weighted by atomic mass is 16.6. The van der Waals surface area contributed by atoms with Crippen molar-refractivity contribution in [1.82, 2.24) is 0 Å². The predicted molar refractivity (Wildman–Crippen MR) is 275 cm³/mol. The molecule has 0 saturated heterocycles. The Labute approximate surface area is 398 Å². The van der Waals surface area contributed by atoms with Gasteiger partial charge in [-0.1, -0.05) is 270 Å². The van der Waals surface area contributed by atoms with Crippen LogP contribution in [-0.4, -0.2) is 37.2 Å². The zero-order chi connectivity index (χ0) is 46.5. The third-order valence-corrected chi connectivity index (χ3v) is 12.7. The van der Waals surface area contributed by atoms with Crippen molar-refractivity contribution in [3.63, 3.8) is 0 Å². The summed E-state index contributed by atoms with van der Waals surface area (Å²) >= 11 is 0. The molecule has 0 aromatic carbocycles. The summed E-state index contributed by atoms with van der Waals surface area (Å²) in [6.45, 7) is 6.63. The number of ether oxygens (including phenoxy) is 3. The molecule has 0 radical (unpaired) electrons. The Morgan fingerprint density at radius 1 is 0.312 bits per heavy atom. The molecule has 1 atom stereocenters. The molecule has 64 heavy (non-hydrogen) atoms. The van der Waals surface area contributed by atoms with Gasteiger partial charge in [-0.05, 0) is 44.9 Å². The number of hydrogen-bond donors (Lipinski definition) is 0. The van der Waals surface area contributed by atoms with Crippen LogP contribution in [0.15, 0.2) is 24.3 Å². The average Bonchev–Trinajstić information content (AvgIpc) is 3.29. The first kappa shape index (κ1) is 61.9. The highest BCUT2D eigenvalue weighted by molar-refractivity contribution is 5.71. The topological polar surface area (TPSA) is 78.9 Å². The van der Waals surface area contributed by atoms with Crippen LogP contribution in [0.2, 0.25) is 0 Å². The Bertz CT molecular complexity index is 1040. The summed E-state index contributed by atoms with van der Waals surface area (Å²) in [6, 6.07) is 0. The minimum Gasteiger partial charge on any atom is -0.462 e. The minimum absolute atomic E-state index is 0.0716. The molecule has 0 saturated carbocycles. The molecule has 0 fully saturated rings. The number of carbonyl (C=O) groups excluding carboxylic acids is 3. The van der Waals surface area contributed by atoms with Gasteiger partial charge in [0.05, 0.1) is 0 Å². The van der Waals surface area contributed by atoms with Gasteiger partial charge in [-0.15, -0.1) is 0 Å². The van der Waals surface area contributed by atoms with E-state index in [9.17, 15) is 14.4 Å². The predicted octanol–water partition coefficient (Wildman–Crippen LogP) is 18.7. The third-order valence-electron chi connectivity index (χ3n) is 12.7. The Morgan fingerprint density at radius 2 is 0.578 bits per heavy atom. The van der Waals surface area contributed by atoms with E-state index in [0.29, 0.717) is 19.3 Å². The molecule has 0 aliphatic heterocycles. The molecule has 0 amide bonds. The fourth-order valence-corrected chi connectivity index (χ4v) is 8.40. The van der Waals surface area contributed by atoms with Gasteiger partial charge in [-0.2, -0.15) is 0 Å². The van der Waals surface area contributed by atoms with Crippen molar-refractivity contribution in [2.24, 2.45) is 0 Å². The average molecular weight is 901 g/mol. The zero-order valence-electron chi connectivity index (χ0n) is 43.1. The van der Waals surface area contributed by atoms with E-state index < -0.39 is 6.10 Å². The summed E-state index contributed by atoms with van der Waals surface area (Å²) in [5, 5.41) is 0. The lowest BCUT2D eigenvalue weighted by atomic mass is 10.0. The van der Waals surface area contributed by atoms with Crippen LogP contribution in [0.4, 0.5) is 0 Å². The van der Waals surface area contributed by atoms with E-state index in [4.69, 9.17) is 14.2 Å². The molecule has 6 heteroatoms. The van der Waals surface area contributed by atoms with Crippen molar-refractivity contribution in [3.05, 3.63) is 24.3 Å².